The third kappa shape index (κ3) is 3.36. The molecule has 1 atom stereocenters. The summed E-state index contributed by atoms with van der Waals surface area (Å²) in [6, 6.07) is 6.12. The van der Waals surface area contributed by atoms with Crippen molar-refractivity contribution in [2.24, 2.45) is 11.7 Å². The molecule has 1 aliphatic heterocycles. The van der Waals surface area contributed by atoms with Gasteiger partial charge in [0.1, 0.15) is 0 Å². The number of thiophene rings is 1. The lowest BCUT2D eigenvalue weighted by Crippen LogP contribution is -2.22. The van der Waals surface area contributed by atoms with Gasteiger partial charge >= 0.3 is 0 Å². The topological polar surface area (TPSA) is 55.3 Å². The Bertz CT molecular complexity index is 500. The molecule has 0 bridgehead atoms. The van der Waals surface area contributed by atoms with Crippen LogP contribution in [0, 0.1) is 5.92 Å². The first-order valence-electron chi connectivity index (χ1n) is 6.27. The summed E-state index contributed by atoms with van der Waals surface area (Å²) < 4.78 is 5.38. The Morgan fingerprint density at radius 3 is 3.11 bits per heavy atom. The fourth-order valence-electron chi connectivity index (χ4n) is 2.40. The van der Waals surface area contributed by atoms with Gasteiger partial charge in [0.15, 0.2) is 5.76 Å². The number of nitrogens with zero attached hydrogens (tertiary/aromatic N) is 2. The average molecular weight is 300 g/mol. The van der Waals surface area contributed by atoms with Gasteiger partial charge in [0.2, 0.25) is 0 Å². The smallest absolute Gasteiger partial charge is 0.177 e. The van der Waals surface area contributed by atoms with Gasteiger partial charge in [-0.3, -0.25) is 4.90 Å². The van der Waals surface area contributed by atoms with Crippen LogP contribution in [0.25, 0.3) is 10.6 Å². The summed E-state index contributed by atoms with van der Waals surface area (Å²) >= 11 is 1.67. The van der Waals surface area contributed by atoms with E-state index in [1.54, 1.807) is 11.3 Å². The predicted molar refractivity (Wildman–Crippen MR) is 79.5 cm³/mol. The van der Waals surface area contributed by atoms with Crippen LogP contribution in [0.2, 0.25) is 0 Å². The molecule has 19 heavy (non-hydrogen) atoms. The van der Waals surface area contributed by atoms with Crippen LogP contribution in [0.1, 0.15) is 12.1 Å². The van der Waals surface area contributed by atoms with Gasteiger partial charge < -0.3 is 10.3 Å². The molecule has 1 fully saturated rings. The molecule has 3 heterocycles. The third-order valence-electron chi connectivity index (χ3n) is 3.41. The highest BCUT2D eigenvalue weighted by Crippen LogP contribution is 2.26. The van der Waals surface area contributed by atoms with Crippen LogP contribution in [0.3, 0.4) is 0 Å². The molecule has 3 rings (SSSR count). The summed E-state index contributed by atoms with van der Waals surface area (Å²) in [5, 5.41) is 6.19. The highest BCUT2D eigenvalue weighted by Gasteiger charge is 2.22. The van der Waals surface area contributed by atoms with Crippen LogP contribution in [0.5, 0.6) is 0 Å². The van der Waals surface area contributed by atoms with Crippen LogP contribution in [0.4, 0.5) is 0 Å². The first kappa shape index (κ1) is 14.5. The number of hydrogen-bond donors (Lipinski definition) is 1. The Morgan fingerprint density at radius 1 is 1.53 bits per heavy atom. The third-order valence-corrected chi connectivity index (χ3v) is 4.30. The van der Waals surface area contributed by atoms with Crippen molar-refractivity contribution in [3.05, 3.63) is 29.3 Å². The van der Waals surface area contributed by atoms with E-state index in [0.29, 0.717) is 5.92 Å². The molecule has 1 saturated heterocycles. The van der Waals surface area contributed by atoms with Gasteiger partial charge in [-0.2, -0.15) is 0 Å². The maximum atomic E-state index is 5.70. The summed E-state index contributed by atoms with van der Waals surface area (Å²) in [5.74, 6) is 1.52. The summed E-state index contributed by atoms with van der Waals surface area (Å²) in [4.78, 5) is 3.53. The molecule has 1 unspecified atom stereocenters. The van der Waals surface area contributed by atoms with E-state index in [2.05, 4.69) is 16.1 Å². The van der Waals surface area contributed by atoms with Crippen molar-refractivity contribution in [2.45, 2.75) is 13.0 Å². The van der Waals surface area contributed by atoms with E-state index in [1.165, 1.54) is 6.42 Å². The average Bonchev–Trinajstić information content (AvgIpc) is 3.10. The number of likely N-dealkylation sites (tertiary alicyclic amines) is 1. The summed E-state index contributed by atoms with van der Waals surface area (Å²) in [7, 11) is 0. The van der Waals surface area contributed by atoms with Gasteiger partial charge in [-0.15, -0.1) is 23.7 Å². The second-order valence-corrected chi connectivity index (χ2v) is 5.73. The quantitative estimate of drug-likeness (QED) is 0.943. The van der Waals surface area contributed by atoms with E-state index in [4.69, 9.17) is 10.3 Å². The number of nitrogens with two attached hydrogens (primary N) is 1. The second-order valence-electron chi connectivity index (χ2n) is 4.79. The van der Waals surface area contributed by atoms with Crippen molar-refractivity contribution in [3.8, 4) is 10.6 Å². The highest BCUT2D eigenvalue weighted by atomic mass is 35.5. The Hall–Kier alpha value is -0.880. The molecule has 104 valence electrons. The van der Waals surface area contributed by atoms with Crippen LogP contribution >= 0.6 is 23.7 Å². The van der Waals surface area contributed by atoms with Crippen LogP contribution in [-0.2, 0) is 6.54 Å². The van der Waals surface area contributed by atoms with Gasteiger partial charge in [-0.1, -0.05) is 11.2 Å². The van der Waals surface area contributed by atoms with Crippen molar-refractivity contribution in [1.29, 1.82) is 0 Å². The van der Waals surface area contributed by atoms with E-state index in [9.17, 15) is 0 Å². The SMILES string of the molecule is Cl.NCC1CCN(Cc2cc(-c3cccs3)on2)C1. The summed E-state index contributed by atoms with van der Waals surface area (Å²) in [6.45, 7) is 3.85. The van der Waals surface area contributed by atoms with E-state index in [0.717, 1.165) is 42.5 Å². The molecule has 0 aromatic carbocycles. The Balaban J connectivity index is 0.00000133. The van der Waals surface area contributed by atoms with Crippen molar-refractivity contribution in [2.75, 3.05) is 19.6 Å². The lowest BCUT2D eigenvalue weighted by Gasteiger charge is -2.12. The van der Waals surface area contributed by atoms with Crippen molar-refractivity contribution in [1.82, 2.24) is 10.1 Å². The lowest BCUT2D eigenvalue weighted by molar-refractivity contribution is 0.304. The zero-order chi connectivity index (χ0) is 12.4. The number of aromatic nitrogens is 1. The maximum absolute atomic E-state index is 5.70. The van der Waals surface area contributed by atoms with E-state index in [1.807, 2.05) is 17.5 Å². The zero-order valence-corrected chi connectivity index (χ0v) is 12.3. The summed E-state index contributed by atoms with van der Waals surface area (Å²) in [5.41, 5.74) is 6.71. The first-order chi connectivity index (χ1) is 8.85. The predicted octanol–water partition coefficient (Wildman–Crippen LogP) is 2.61. The highest BCUT2D eigenvalue weighted by molar-refractivity contribution is 7.13. The minimum Gasteiger partial charge on any atom is -0.355 e. The first-order valence-corrected chi connectivity index (χ1v) is 7.15. The van der Waals surface area contributed by atoms with Gasteiger partial charge in [0.25, 0.3) is 0 Å². The molecule has 2 N–H and O–H groups in total. The summed E-state index contributed by atoms with van der Waals surface area (Å²) in [6.07, 6.45) is 1.20. The van der Waals surface area contributed by atoms with Crippen LogP contribution < -0.4 is 5.73 Å². The number of rotatable bonds is 4. The fraction of sp³-hybridized carbons (Fsp3) is 0.462. The van der Waals surface area contributed by atoms with E-state index >= 15 is 0 Å². The van der Waals surface area contributed by atoms with E-state index < -0.39 is 0 Å². The van der Waals surface area contributed by atoms with E-state index in [-0.39, 0.29) is 12.4 Å². The standard InChI is InChI=1S/C13H17N3OS.ClH/c14-7-10-3-4-16(8-10)9-11-6-12(17-15-11)13-2-1-5-18-13;/h1-2,5-6,10H,3-4,7-9,14H2;1H. The fourth-order valence-corrected chi connectivity index (χ4v) is 3.07. The monoisotopic (exact) mass is 299 g/mol. The molecular weight excluding hydrogens is 282 g/mol. The second kappa shape index (κ2) is 6.52. The molecule has 0 amide bonds. The minimum atomic E-state index is 0. The Labute approximate surface area is 123 Å². The molecule has 0 radical (unpaired) electrons. The molecular formula is C13H18ClN3OS. The molecule has 0 aliphatic carbocycles. The van der Waals surface area contributed by atoms with Crippen molar-refractivity contribution < 1.29 is 4.52 Å². The number of hydrogen-bond acceptors (Lipinski definition) is 5. The van der Waals surface area contributed by atoms with Gasteiger partial charge in [0, 0.05) is 19.2 Å². The Morgan fingerprint density at radius 2 is 2.42 bits per heavy atom. The molecule has 4 nitrogen and oxygen atoms in total. The lowest BCUT2D eigenvalue weighted by atomic mass is 10.1. The van der Waals surface area contributed by atoms with Gasteiger partial charge in [-0.05, 0) is 36.9 Å². The number of halogens is 1. The largest absolute Gasteiger partial charge is 0.355 e. The van der Waals surface area contributed by atoms with Crippen molar-refractivity contribution in [3.63, 3.8) is 0 Å². The molecule has 6 heteroatoms. The maximum Gasteiger partial charge on any atom is 0.177 e. The molecule has 2 aromatic rings. The van der Waals surface area contributed by atoms with Gasteiger partial charge in [-0.25, -0.2) is 0 Å². The molecule has 1 aliphatic rings. The molecule has 2 aromatic heterocycles. The van der Waals surface area contributed by atoms with Gasteiger partial charge in [0.05, 0.1) is 10.6 Å². The normalized spacial score (nSPS) is 19.5. The Kier molecular flexibility index (Phi) is 4.99. The van der Waals surface area contributed by atoms with Crippen LogP contribution in [-0.4, -0.2) is 29.7 Å². The van der Waals surface area contributed by atoms with Crippen molar-refractivity contribution >= 4 is 23.7 Å². The zero-order valence-electron chi connectivity index (χ0n) is 10.6. The molecule has 0 spiro atoms. The van der Waals surface area contributed by atoms with Crippen LogP contribution in [0.15, 0.2) is 28.1 Å². The molecule has 0 saturated carbocycles. The minimum absolute atomic E-state index is 0.